The van der Waals surface area contributed by atoms with Crippen molar-refractivity contribution in [3.8, 4) is 6.07 Å². The molecule has 3 nitrogen and oxygen atoms in total. The fraction of sp³-hybridized carbons (Fsp3) is 0.200. The van der Waals surface area contributed by atoms with Crippen LogP contribution in [0.5, 0.6) is 0 Å². The van der Waals surface area contributed by atoms with Crippen LogP contribution in [0.3, 0.4) is 0 Å². The third-order valence-corrected chi connectivity index (χ3v) is 3.24. The second-order valence-corrected chi connectivity index (χ2v) is 4.44. The highest BCUT2D eigenvalue weighted by atomic mass is 32.1. The van der Waals surface area contributed by atoms with Gasteiger partial charge < -0.3 is 5.73 Å². The molecular formula is C10H6F3N3S. The van der Waals surface area contributed by atoms with E-state index < -0.39 is 11.7 Å². The average molecular weight is 257 g/mol. The van der Waals surface area contributed by atoms with Gasteiger partial charge in [-0.05, 0) is 13.0 Å². The van der Waals surface area contributed by atoms with E-state index in [1.807, 2.05) is 0 Å². The maximum atomic E-state index is 12.8. The van der Waals surface area contributed by atoms with Crippen LogP contribution in [0.15, 0.2) is 6.07 Å². The molecule has 2 aromatic heterocycles. The molecule has 0 aromatic carbocycles. The molecule has 0 spiro atoms. The molecule has 2 heterocycles. The first-order chi connectivity index (χ1) is 7.84. The molecule has 0 radical (unpaired) electrons. The minimum Gasteiger partial charge on any atom is -0.396 e. The number of aryl methyl sites for hydroxylation is 1. The minimum absolute atomic E-state index is 0.0589. The van der Waals surface area contributed by atoms with Crippen LogP contribution in [-0.2, 0) is 6.18 Å². The third kappa shape index (κ3) is 1.80. The number of thiophene rings is 1. The number of alkyl halides is 3. The standard InChI is InChI=1S/C10H6F3N3S/c1-4-2-5(10(11,12)13)7-8(15)6(3-14)17-9(7)16-4/h2H,15H2,1H3. The largest absolute Gasteiger partial charge is 0.417 e. The Morgan fingerprint density at radius 3 is 2.65 bits per heavy atom. The third-order valence-electron chi connectivity index (χ3n) is 2.23. The van der Waals surface area contributed by atoms with Crippen molar-refractivity contribution in [1.82, 2.24) is 4.98 Å². The van der Waals surface area contributed by atoms with Gasteiger partial charge in [-0.1, -0.05) is 0 Å². The van der Waals surface area contributed by atoms with Gasteiger partial charge in [-0.2, -0.15) is 18.4 Å². The number of hydrogen-bond acceptors (Lipinski definition) is 4. The Labute approximate surface area is 98.3 Å². The predicted molar refractivity (Wildman–Crippen MR) is 58.5 cm³/mol. The fourth-order valence-electron chi connectivity index (χ4n) is 1.55. The number of nitrogens with two attached hydrogens (primary N) is 1. The number of nitriles is 1. The summed E-state index contributed by atoms with van der Waals surface area (Å²) >= 11 is 0.871. The van der Waals surface area contributed by atoms with Gasteiger partial charge in [-0.3, -0.25) is 0 Å². The zero-order chi connectivity index (χ0) is 12.8. The number of nitrogens with zero attached hydrogens (tertiary/aromatic N) is 2. The van der Waals surface area contributed by atoms with Crippen LogP contribution in [-0.4, -0.2) is 4.98 Å². The van der Waals surface area contributed by atoms with Gasteiger partial charge in [-0.15, -0.1) is 11.3 Å². The second-order valence-electron chi connectivity index (χ2n) is 3.45. The molecule has 0 atom stereocenters. The van der Waals surface area contributed by atoms with Crippen LogP contribution in [0.2, 0.25) is 0 Å². The minimum atomic E-state index is -4.51. The Hall–Kier alpha value is -1.81. The normalized spacial score (nSPS) is 11.7. The summed E-state index contributed by atoms with van der Waals surface area (Å²) in [5, 5.41) is 8.58. The van der Waals surface area contributed by atoms with E-state index in [-0.39, 0.29) is 26.5 Å². The molecule has 0 saturated heterocycles. The second kappa shape index (κ2) is 3.60. The summed E-state index contributed by atoms with van der Waals surface area (Å²) in [5.41, 5.74) is 4.81. The summed E-state index contributed by atoms with van der Waals surface area (Å²) in [6.45, 7) is 1.47. The van der Waals surface area contributed by atoms with E-state index in [1.54, 1.807) is 6.07 Å². The highest BCUT2D eigenvalue weighted by Crippen LogP contribution is 2.41. The SMILES string of the molecule is Cc1cc(C(F)(F)F)c2c(N)c(C#N)sc2n1. The number of hydrogen-bond donors (Lipinski definition) is 1. The van der Waals surface area contributed by atoms with Crippen LogP contribution in [0.1, 0.15) is 16.1 Å². The first-order valence-electron chi connectivity index (χ1n) is 4.51. The molecule has 0 bridgehead atoms. The Balaban J connectivity index is 2.93. The Morgan fingerprint density at radius 2 is 2.12 bits per heavy atom. The number of halogens is 3. The first kappa shape index (κ1) is 11.7. The van der Waals surface area contributed by atoms with Crippen molar-refractivity contribution in [3.05, 3.63) is 22.2 Å². The van der Waals surface area contributed by atoms with Gasteiger partial charge in [0.25, 0.3) is 0 Å². The van der Waals surface area contributed by atoms with E-state index in [1.165, 1.54) is 6.92 Å². The number of fused-ring (bicyclic) bond motifs is 1. The molecule has 0 saturated carbocycles. The summed E-state index contributed by atoms with van der Waals surface area (Å²) < 4.78 is 38.5. The molecular weight excluding hydrogens is 251 g/mol. The van der Waals surface area contributed by atoms with Crippen molar-refractivity contribution in [3.63, 3.8) is 0 Å². The molecule has 2 N–H and O–H groups in total. The molecule has 17 heavy (non-hydrogen) atoms. The van der Waals surface area contributed by atoms with E-state index in [2.05, 4.69) is 4.98 Å². The highest BCUT2D eigenvalue weighted by Gasteiger charge is 2.35. The maximum Gasteiger partial charge on any atom is 0.417 e. The molecule has 0 aliphatic heterocycles. The molecule has 88 valence electrons. The molecule has 7 heteroatoms. The van der Waals surface area contributed by atoms with Crippen LogP contribution in [0.4, 0.5) is 18.9 Å². The molecule has 2 rings (SSSR count). The van der Waals surface area contributed by atoms with Crippen LogP contribution in [0.25, 0.3) is 10.2 Å². The quantitative estimate of drug-likeness (QED) is 0.788. The van der Waals surface area contributed by atoms with Crippen molar-refractivity contribution in [2.24, 2.45) is 0 Å². The number of rotatable bonds is 0. The van der Waals surface area contributed by atoms with E-state index in [0.717, 1.165) is 17.4 Å². The van der Waals surface area contributed by atoms with Crippen molar-refractivity contribution in [2.75, 3.05) is 5.73 Å². The van der Waals surface area contributed by atoms with Crippen molar-refractivity contribution < 1.29 is 13.2 Å². The molecule has 0 unspecified atom stereocenters. The predicted octanol–water partition coefficient (Wildman–Crippen LogP) is 3.08. The first-order valence-corrected chi connectivity index (χ1v) is 5.33. The lowest BCUT2D eigenvalue weighted by Gasteiger charge is -2.09. The number of nitrogen functional groups attached to an aromatic ring is 1. The monoisotopic (exact) mass is 257 g/mol. The van der Waals surface area contributed by atoms with Gasteiger partial charge in [0.1, 0.15) is 15.8 Å². The van der Waals surface area contributed by atoms with Crippen molar-refractivity contribution >= 4 is 27.2 Å². The fourth-order valence-corrected chi connectivity index (χ4v) is 2.51. The van der Waals surface area contributed by atoms with Crippen LogP contribution < -0.4 is 5.73 Å². The van der Waals surface area contributed by atoms with Gasteiger partial charge in [0.05, 0.1) is 11.3 Å². The zero-order valence-electron chi connectivity index (χ0n) is 8.59. The van der Waals surface area contributed by atoms with Crippen LogP contribution in [0, 0.1) is 18.3 Å². The Kier molecular flexibility index (Phi) is 2.47. The lowest BCUT2D eigenvalue weighted by Crippen LogP contribution is -2.07. The van der Waals surface area contributed by atoms with Gasteiger partial charge >= 0.3 is 6.18 Å². The van der Waals surface area contributed by atoms with Gasteiger partial charge in [0.2, 0.25) is 0 Å². The smallest absolute Gasteiger partial charge is 0.396 e. The maximum absolute atomic E-state index is 12.8. The topological polar surface area (TPSA) is 62.7 Å². The average Bonchev–Trinajstić information content (AvgIpc) is 2.52. The molecule has 0 aliphatic carbocycles. The highest BCUT2D eigenvalue weighted by molar-refractivity contribution is 7.19. The molecule has 0 aliphatic rings. The number of aromatic nitrogens is 1. The van der Waals surface area contributed by atoms with Crippen molar-refractivity contribution in [1.29, 1.82) is 5.26 Å². The summed E-state index contributed by atoms with van der Waals surface area (Å²) in [6, 6.07) is 2.71. The molecule has 0 fully saturated rings. The number of anilines is 1. The van der Waals surface area contributed by atoms with E-state index in [9.17, 15) is 13.2 Å². The van der Waals surface area contributed by atoms with Crippen LogP contribution >= 0.6 is 11.3 Å². The molecule has 2 aromatic rings. The van der Waals surface area contributed by atoms with E-state index in [0.29, 0.717) is 0 Å². The van der Waals surface area contributed by atoms with Gasteiger partial charge in [-0.25, -0.2) is 4.98 Å². The zero-order valence-corrected chi connectivity index (χ0v) is 9.41. The summed E-state index contributed by atoms with van der Waals surface area (Å²) in [4.78, 5) is 4.17. The molecule has 0 amide bonds. The Bertz CT molecular complexity index is 637. The summed E-state index contributed by atoms with van der Waals surface area (Å²) in [5.74, 6) is 0. The van der Waals surface area contributed by atoms with Gasteiger partial charge in [0, 0.05) is 11.1 Å². The van der Waals surface area contributed by atoms with Crippen molar-refractivity contribution in [2.45, 2.75) is 13.1 Å². The van der Waals surface area contributed by atoms with Gasteiger partial charge in [0.15, 0.2) is 0 Å². The summed E-state index contributed by atoms with van der Waals surface area (Å²) in [6.07, 6.45) is -4.51. The lowest BCUT2D eigenvalue weighted by atomic mass is 10.1. The lowest BCUT2D eigenvalue weighted by molar-refractivity contribution is -0.136. The van der Waals surface area contributed by atoms with E-state index >= 15 is 0 Å². The Morgan fingerprint density at radius 1 is 1.47 bits per heavy atom. The number of pyridine rings is 1. The summed E-state index contributed by atoms with van der Waals surface area (Å²) in [7, 11) is 0. The van der Waals surface area contributed by atoms with E-state index in [4.69, 9.17) is 11.0 Å².